The van der Waals surface area contributed by atoms with E-state index in [1.54, 1.807) is 6.08 Å². The first-order valence-electron chi connectivity index (χ1n) is 5.91. The maximum atomic E-state index is 10.8. The van der Waals surface area contributed by atoms with Gasteiger partial charge in [0, 0.05) is 55.7 Å². The van der Waals surface area contributed by atoms with Gasteiger partial charge in [-0.15, -0.1) is 6.04 Å². The predicted octanol–water partition coefficient (Wildman–Crippen LogP) is 2.20. The van der Waals surface area contributed by atoms with Crippen LogP contribution in [0.2, 0.25) is 0 Å². The van der Waals surface area contributed by atoms with Crippen molar-refractivity contribution in [1.29, 1.82) is 0 Å². The fraction of sp³-hybridized carbons (Fsp3) is 0.750. The summed E-state index contributed by atoms with van der Waals surface area (Å²) in [7, 11) is 0. The second-order valence-corrected chi connectivity index (χ2v) is 4.54. The molecule has 0 saturated heterocycles. The van der Waals surface area contributed by atoms with Crippen molar-refractivity contribution in [3.8, 4) is 0 Å². The van der Waals surface area contributed by atoms with Crippen LogP contribution in [-0.2, 0) is 4.79 Å². The topological polar surface area (TPSA) is 87.1 Å². The van der Waals surface area contributed by atoms with Gasteiger partial charge in [-0.3, -0.25) is 0 Å². The molecular weight excluding hydrogens is 431 g/mol. The Bertz CT molecular complexity index is 290. The molecule has 0 aromatic heterocycles. The first-order chi connectivity index (χ1) is 7.51. The number of nitrogens with one attached hydrogen (secondary N) is 1. The number of hydrogen-bond acceptors (Lipinski definition) is 2. The van der Waals surface area contributed by atoms with Crippen LogP contribution in [0.25, 0.3) is 5.73 Å². The van der Waals surface area contributed by atoms with Crippen LogP contribution < -0.4 is 5.73 Å². The summed E-state index contributed by atoms with van der Waals surface area (Å²) in [5, 5.41) is 8.90. The Morgan fingerprint density at radius 3 is 2.47 bits per heavy atom. The minimum Gasteiger partial charge on any atom is -0.674 e. The summed E-state index contributed by atoms with van der Waals surface area (Å²) >= 11 is 0. The predicted molar refractivity (Wildman–Crippen MR) is 64.0 cm³/mol. The molecule has 1 rings (SSSR count). The standard InChI is InChI=1S/C12H21N2O2.Ac/c1-3-7(4-2)11(14)9-5-8(12(15)16)6-10(9)13;/h5,7,9-11,14H,3-4,6,13H2,1-2H3,(H,15,16);/q-1;/t9-,10-,11?;/m1./s1. The third-order valence-electron chi connectivity index (χ3n) is 3.59. The van der Waals surface area contributed by atoms with Gasteiger partial charge in [0.05, 0.1) is 0 Å². The van der Waals surface area contributed by atoms with E-state index in [-0.39, 0.29) is 62.1 Å². The summed E-state index contributed by atoms with van der Waals surface area (Å²) in [6, 6.07) is -0.476. The smallest absolute Gasteiger partial charge is 0.331 e. The average Bonchev–Trinajstić information content (AvgIpc) is 2.62. The molecule has 0 aromatic rings. The van der Waals surface area contributed by atoms with Gasteiger partial charge in [0.15, 0.2) is 0 Å². The summed E-state index contributed by atoms with van der Waals surface area (Å²) in [6.07, 6.45) is 3.99. The van der Waals surface area contributed by atoms with Gasteiger partial charge in [0.25, 0.3) is 0 Å². The van der Waals surface area contributed by atoms with E-state index in [1.807, 2.05) is 0 Å². The molecule has 0 aliphatic heterocycles. The molecular formula is C12H21AcN2O2-. The number of carbonyl (C=O) groups is 1. The molecule has 4 nitrogen and oxygen atoms in total. The van der Waals surface area contributed by atoms with E-state index in [9.17, 15) is 4.79 Å². The van der Waals surface area contributed by atoms with E-state index in [1.165, 1.54) is 0 Å². The first kappa shape index (κ1) is 17.6. The van der Waals surface area contributed by atoms with Crippen molar-refractivity contribution in [3.63, 3.8) is 0 Å². The van der Waals surface area contributed by atoms with Crippen molar-refractivity contribution in [2.75, 3.05) is 0 Å². The van der Waals surface area contributed by atoms with Crippen LogP contribution >= 0.6 is 0 Å². The zero-order chi connectivity index (χ0) is 12.3. The molecule has 1 radical (unpaired) electrons. The van der Waals surface area contributed by atoms with Crippen LogP contribution in [0, 0.1) is 55.9 Å². The summed E-state index contributed by atoms with van der Waals surface area (Å²) in [5.74, 6) is -0.689. The number of carboxylic acid groups (broad SMARTS) is 1. The number of carboxylic acids is 1. The van der Waals surface area contributed by atoms with Crippen molar-refractivity contribution in [1.82, 2.24) is 0 Å². The van der Waals surface area contributed by atoms with E-state index in [0.717, 1.165) is 12.8 Å². The third kappa shape index (κ3) is 4.31. The second kappa shape index (κ2) is 7.89. The van der Waals surface area contributed by atoms with Crippen LogP contribution in [0.4, 0.5) is 0 Å². The molecule has 95 valence electrons. The van der Waals surface area contributed by atoms with Crippen molar-refractivity contribution in [2.24, 2.45) is 17.6 Å². The largest absolute Gasteiger partial charge is 0.674 e. The number of nitrogens with two attached hydrogens (primary N) is 1. The summed E-state index contributed by atoms with van der Waals surface area (Å²) in [5.41, 5.74) is 14.5. The molecule has 17 heavy (non-hydrogen) atoms. The normalized spacial score (nSPS) is 25.4. The number of hydrogen-bond donors (Lipinski definition) is 2. The molecule has 0 bridgehead atoms. The van der Waals surface area contributed by atoms with Crippen molar-refractivity contribution < 1.29 is 54.0 Å². The Balaban J connectivity index is 0.00000256. The number of aliphatic carboxylic acids is 1. The third-order valence-corrected chi connectivity index (χ3v) is 3.59. The average molecular weight is 452 g/mol. The molecule has 5 heteroatoms. The van der Waals surface area contributed by atoms with Crippen LogP contribution in [0.3, 0.4) is 0 Å². The van der Waals surface area contributed by atoms with Crippen LogP contribution in [0.5, 0.6) is 0 Å². The van der Waals surface area contributed by atoms with E-state index in [2.05, 4.69) is 13.8 Å². The van der Waals surface area contributed by atoms with Crippen LogP contribution in [0.15, 0.2) is 11.6 Å². The van der Waals surface area contributed by atoms with Gasteiger partial charge in [0.2, 0.25) is 0 Å². The number of rotatable bonds is 5. The SMILES string of the molecule is CCC(CC)C([NH-])[C@@H]1C=C(C(=O)O)C[C@H]1N.[Ac]. The monoisotopic (exact) mass is 452 g/mol. The molecule has 1 unspecified atom stereocenters. The Morgan fingerprint density at radius 2 is 2.12 bits per heavy atom. The Labute approximate surface area is 139 Å². The quantitative estimate of drug-likeness (QED) is 0.671. The van der Waals surface area contributed by atoms with Gasteiger partial charge in [-0.2, -0.15) is 0 Å². The van der Waals surface area contributed by atoms with Crippen molar-refractivity contribution in [2.45, 2.75) is 45.2 Å². The van der Waals surface area contributed by atoms with Crippen molar-refractivity contribution in [3.05, 3.63) is 17.4 Å². The molecule has 1 aliphatic rings. The van der Waals surface area contributed by atoms with E-state index in [4.69, 9.17) is 16.6 Å². The van der Waals surface area contributed by atoms with Gasteiger partial charge < -0.3 is 16.6 Å². The van der Waals surface area contributed by atoms with Gasteiger partial charge in [-0.1, -0.05) is 38.7 Å². The molecule has 1 aliphatic carbocycles. The zero-order valence-electron chi connectivity index (χ0n) is 10.5. The molecule has 0 fully saturated rings. The van der Waals surface area contributed by atoms with Crippen LogP contribution in [0.1, 0.15) is 33.1 Å². The second-order valence-electron chi connectivity index (χ2n) is 4.54. The Kier molecular flexibility index (Phi) is 8.15. The fourth-order valence-corrected chi connectivity index (χ4v) is 2.45. The first-order valence-corrected chi connectivity index (χ1v) is 5.91. The van der Waals surface area contributed by atoms with Gasteiger partial charge in [0.1, 0.15) is 0 Å². The molecule has 4 N–H and O–H groups in total. The molecule has 3 atom stereocenters. The Hall–Kier alpha value is 0.572. The summed E-state index contributed by atoms with van der Waals surface area (Å²) in [4.78, 5) is 10.8. The van der Waals surface area contributed by atoms with Gasteiger partial charge in [-0.25, -0.2) is 4.79 Å². The minimum atomic E-state index is -0.894. The summed E-state index contributed by atoms with van der Waals surface area (Å²) < 4.78 is 0. The zero-order valence-corrected chi connectivity index (χ0v) is 15.3. The van der Waals surface area contributed by atoms with Gasteiger partial charge >= 0.3 is 5.97 Å². The maximum absolute atomic E-state index is 10.8. The molecule has 0 heterocycles. The molecule has 0 saturated carbocycles. The fourth-order valence-electron chi connectivity index (χ4n) is 2.45. The van der Waals surface area contributed by atoms with Crippen LogP contribution in [-0.4, -0.2) is 23.2 Å². The van der Waals surface area contributed by atoms with E-state index < -0.39 is 5.97 Å². The minimum absolute atomic E-state index is 0. The Morgan fingerprint density at radius 1 is 1.59 bits per heavy atom. The van der Waals surface area contributed by atoms with E-state index >= 15 is 0 Å². The van der Waals surface area contributed by atoms with E-state index in [0.29, 0.717) is 17.9 Å². The molecule has 0 aromatic carbocycles. The molecule has 0 amide bonds. The maximum Gasteiger partial charge on any atom is 0.331 e. The summed E-state index contributed by atoms with van der Waals surface area (Å²) in [6.45, 7) is 4.13. The molecule has 0 spiro atoms. The van der Waals surface area contributed by atoms with Crippen molar-refractivity contribution >= 4 is 5.97 Å². The van der Waals surface area contributed by atoms with Gasteiger partial charge in [-0.05, 0) is 12.3 Å².